The minimum atomic E-state index is -0.145. The lowest BCUT2D eigenvalue weighted by molar-refractivity contribution is -0.126. The van der Waals surface area contributed by atoms with Crippen molar-refractivity contribution in [2.45, 2.75) is 52.3 Å². The van der Waals surface area contributed by atoms with E-state index >= 15 is 0 Å². The number of aryl methyl sites for hydroxylation is 1. The quantitative estimate of drug-likeness (QED) is 0.870. The summed E-state index contributed by atoms with van der Waals surface area (Å²) in [5.41, 5.74) is 1.92. The molecule has 0 aliphatic carbocycles. The highest BCUT2D eigenvalue weighted by Crippen LogP contribution is 2.18. The standard InChI is InChI=1S/C20H27ClN4O2/c1-14(2)9-18-12-27-13-19-11-25(24-23-19)8-7-16(20(26)22-18)10-15-3-5-17(21)6-4-15/h3-6,11,14,16,18H,7-10,12-13H2,1-2H3,(H,22,26)/t16-,18+/m0/s1. The predicted octanol–water partition coefficient (Wildman–Crippen LogP) is 3.24. The molecule has 0 spiro atoms. The molecular formula is C20H27ClN4O2. The Morgan fingerprint density at radius 2 is 2.11 bits per heavy atom. The zero-order valence-corrected chi connectivity index (χ0v) is 16.7. The number of nitrogens with zero attached hydrogens (tertiary/aromatic N) is 3. The second-order valence-corrected chi connectivity index (χ2v) is 8.08. The fraction of sp³-hybridized carbons (Fsp3) is 0.550. The molecule has 7 heteroatoms. The smallest absolute Gasteiger partial charge is 0.223 e. The van der Waals surface area contributed by atoms with Crippen molar-refractivity contribution in [2.75, 3.05) is 6.61 Å². The minimum Gasteiger partial charge on any atom is -0.373 e. The molecular weight excluding hydrogens is 364 g/mol. The molecule has 6 nitrogen and oxygen atoms in total. The van der Waals surface area contributed by atoms with E-state index in [-0.39, 0.29) is 17.9 Å². The molecule has 0 saturated heterocycles. The number of hydrogen-bond donors (Lipinski definition) is 1. The van der Waals surface area contributed by atoms with Crippen LogP contribution in [0.4, 0.5) is 0 Å². The van der Waals surface area contributed by atoms with E-state index in [1.807, 2.05) is 30.5 Å². The summed E-state index contributed by atoms with van der Waals surface area (Å²) in [5.74, 6) is 0.399. The number of rotatable bonds is 4. The van der Waals surface area contributed by atoms with Crippen LogP contribution in [-0.2, 0) is 29.1 Å². The molecule has 2 bridgehead atoms. The number of amides is 1. The van der Waals surface area contributed by atoms with Crippen molar-refractivity contribution in [3.8, 4) is 0 Å². The normalized spacial score (nSPS) is 21.4. The molecule has 1 aromatic heterocycles. The number of aromatic nitrogens is 3. The van der Waals surface area contributed by atoms with E-state index in [4.69, 9.17) is 16.3 Å². The average Bonchev–Trinajstić information content (AvgIpc) is 3.06. The first-order chi connectivity index (χ1) is 13.0. The Bertz CT molecular complexity index is 745. The van der Waals surface area contributed by atoms with Gasteiger partial charge in [0.05, 0.1) is 25.5 Å². The second kappa shape index (κ2) is 9.33. The third-order valence-corrected chi connectivity index (χ3v) is 4.98. The highest BCUT2D eigenvalue weighted by atomic mass is 35.5. The molecule has 146 valence electrons. The number of nitrogens with one attached hydrogen (secondary N) is 1. The molecule has 0 unspecified atom stereocenters. The summed E-state index contributed by atoms with van der Waals surface area (Å²) in [6.45, 7) is 5.84. The molecule has 1 amide bonds. The van der Waals surface area contributed by atoms with Gasteiger partial charge in [-0.15, -0.1) is 5.10 Å². The van der Waals surface area contributed by atoms with Gasteiger partial charge in [0.25, 0.3) is 0 Å². The van der Waals surface area contributed by atoms with Crippen LogP contribution in [0.25, 0.3) is 0 Å². The Labute approximate surface area is 165 Å². The number of ether oxygens (including phenoxy) is 1. The van der Waals surface area contributed by atoms with Gasteiger partial charge in [-0.1, -0.05) is 42.8 Å². The topological polar surface area (TPSA) is 69.0 Å². The van der Waals surface area contributed by atoms with E-state index in [9.17, 15) is 4.79 Å². The molecule has 0 saturated carbocycles. The van der Waals surface area contributed by atoms with E-state index in [0.717, 1.165) is 17.7 Å². The molecule has 0 radical (unpaired) electrons. The van der Waals surface area contributed by atoms with Gasteiger partial charge in [-0.25, -0.2) is 0 Å². The zero-order chi connectivity index (χ0) is 19.2. The Morgan fingerprint density at radius 3 is 2.85 bits per heavy atom. The number of halogens is 1. The summed E-state index contributed by atoms with van der Waals surface area (Å²) in [7, 11) is 0. The van der Waals surface area contributed by atoms with Crippen LogP contribution in [0.5, 0.6) is 0 Å². The fourth-order valence-corrected chi connectivity index (χ4v) is 3.52. The maximum Gasteiger partial charge on any atom is 0.223 e. The lowest BCUT2D eigenvalue weighted by Crippen LogP contribution is -2.43. The van der Waals surface area contributed by atoms with E-state index in [1.54, 1.807) is 4.68 Å². The fourth-order valence-electron chi connectivity index (χ4n) is 3.40. The van der Waals surface area contributed by atoms with Crippen LogP contribution in [0.2, 0.25) is 5.02 Å². The van der Waals surface area contributed by atoms with Crippen LogP contribution in [0.1, 0.15) is 37.9 Å². The van der Waals surface area contributed by atoms with Gasteiger partial charge in [-0.05, 0) is 42.9 Å². The molecule has 2 atom stereocenters. The summed E-state index contributed by atoms with van der Waals surface area (Å²) in [5, 5.41) is 12.2. The van der Waals surface area contributed by atoms with Gasteiger partial charge in [0.15, 0.2) is 0 Å². The zero-order valence-electron chi connectivity index (χ0n) is 15.9. The molecule has 1 N–H and O–H groups in total. The molecule has 3 rings (SSSR count). The van der Waals surface area contributed by atoms with Gasteiger partial charge < -0.3 is 10.1 Å². The number of carbonyl (C=O) groups excluding carboxylic acids is 1. The first-order valence-electron chi connectivity index (χ1n) is 9.51. The summed E-state index contributed by atoms with van der Waals surface area (Å²) in [6.07, 6.45) is 4.15. The van der Waals surface area contributed by atoms with Gasteiger partial charge in [0.1, 0.15) is 5.69 Å². The highest BCUT2D eigenvalue weighted by Gasteiger charge is 2.24. The van der Waals surface area contributed by atoms with Gasteiger partial charge in [-0.3, -0.25) is 9.48 Å². The molecule has 2 heterocycles. The van der Waals surface area contributed by atoms with Crippen molar-refractivity contribution in [1.82, 2.24) is 20.3 Å². The number of carbonyl (C=O) groups is 1. The van der Waals surface area contributed by atoms with Crippen molar-refractivity contribution >= 4 is 17.5 Å². The monoisotopic (exact) mass is 390 g/mol. The van der Waals surface area contributed by atoms with Crippen LogP contribution in [0, 0.1) is 11.8 Å². The summed E-state index contributed by atoms with van der Waals surface area (Å²) >= 11 is 5.99. The van der Waals surface area contributed by atoms with Crippen molar-refractivity contribution < 1.29 is 9.53 Å². The van der Waals surface area contributed by atoms with E-state index in [0.29, 0.717) is 43.5 Å². The Kier molecular flexibility index (Phi) is 6.85. The van der Waals surface area contributed by atoms with E-state index < -0.39 is 0 Å². The first kappa shape index (κ1) is 19.8. The lowest BCUT2D eigenvalue weighted by atomic mass is 9.94. The predicted molar refractivity (Wildman–Crippen MR) is 104 cm³/mol. The lowest BCUT2D eigenvalue weighted by Gasteiger charge is -2.24. The Hall–Kier alpha value is -1.92. The maximum absolute atomic E-state index is 13.0. The van der Waals surface area contributed by atoms with Crippen molar-refractivity contribution in [3.63, 3.8) is 0 Å². The Balaban J connectivity index is 1.77. The molecule has 1 aliphatic heterocycles. The van der Waals surface area contributed by atoms with Crippen molar-refractivity contribution in [1.29, 1.82) is 0 Å². The van der Waals surface area contributed by atoms with Crippen LogP contribution < -0.4 is 5.32 Å². The molecule has 27 heavy (non-hydrogen) atoms. The van der Waals surface area contributed by atoms with Gasteiger partial charge in [0.2, 0.25) is 5.91 Å². The van der Waals surface area contributed by atoms with Gasteiger partial charge in [-0.2, -0.15) is 0 Å². The molecule has 2 aromatic rings. The largest absolute Gasteiger partial charge is 0.373 e. The van der Waals surface area contributed by atoms with E-state index in [2.05, 4.69) is 29.5 Å². The Morgan fingerprint density at radius 1 is 1.33 bits per heavy atom. The van der Waals surface area contributed by atoms with Crippen LogP contribution in [0.15, 0.2) is 30.5 Å². The highest BCUT2D eigenvalue weighted by molar-refractivity contribution is 6.30. The van der Waals surface area contributed by atoms with Gasteiger partial charge in [0, 0.05) is 17.5 Å². The summed E-state index contributed by atoms with van der Waals surface area (Å²) in [4.78, 5) is 13.0. The summed E-state index contributed by atoms with van der Waals surface area (Å²) < 4.78 is 7.57. The van der Waals surface area contributed by atoms with Crippen LogP contribution in [-0.4, -0.2) is 33.5 Å². The first-order valence-corrected chi connectivity index (χ1v) is 9.89. The number of fused-ring (bicyclic) bond motifs is 2. The van der Waals surface area contributed by atoms with Crippen LogP contribution >= 0.6 is 11.6 Å². The number of hydrogen-bond acceptors (Lipinski definition) is 4. The van der Waals surface area contributed by atoms with Crippen molar-refractivity contribution in [3.05, 3.63) is 46.7 Å². The third-order valence-electron chi connectivity index (χ3n) is 4.73. The second-order valence-electron chi connectivity index (χ2n) is 7.64. The molecule has 0 fully saturated rings. The molecule has 1 aromatic carbocycles. The number of benzene rings is 1. The maximum atomic E-state index is 13.0. The van der Waals surface area contributed by atoms with Crippen LogP contribution in [0.3, 0.4) is 0 Å². The van der Waals surface area contributed by atoms with Gasteiger partial charge >= 0.3 is 0 Å². The molecule has 1 aliphatic rings. The minimum absolute atomic E-state index is 0.000288. The third kappa shape index (κ3) is 6.04. The summed E-state index contributed by atoms with van der Waals surface area (Å²) in [6, 6.07) is 7.69. The van der Waals surface area contributed by atoms with E-state index in [1.165, 1.54) is 0 Å². The average molecular weight is 391 g/mol. The SMILES string of the molecule is CC(C)C[C@@H]1COCc2cn(nn2)CC[C@@H](Cc2ccc(Cl)cc2)C(=O)N1. The van der Waals surface area contributed by atoms with Crippen molar-refractivity contribution in [2.24, 2.45) is 11.8 Å².